The van der Waals surface area contributed by atoms with Crippen LogP contribution in [-0.4, -0.2) is 15.1 Å². The van der Waals surface area contributed by atoms with Crippen LogP contribution in [-0.2, 0) is 19.4 Å². The zero-order valence-corrected chi connectivity index (χ0v) is 17.2. The molecule has 0 aliphatic heterocycles. The van der Waals surface area contributed by atoms with E-state index in [1.165, 1.54) is 28.2 Å². The Kier molecular flexibility index (Phi) is 5.38. The lowest BCUT2D eigenvalue weighted by molar-refractivity contribution is 0.281. The summed E-state index contributed by atoms with van der Waals surface area (Å²) in [4.78, 5) is 10.2. The Bertz CT molecular complexity index is 948. The Hall–Kier alpha value is -2.02. The van der Waals surface area contributed by atoms with Gasteiger partial charge in [-0.05, 0) is 50.2 Å². The van der Waals surface area contributed by atoms with Crippen molar-refractivity contribution in [3.05, 3.63) is 63.2 Å². The molecular weight excluding hydrogens is 374 g/mol. The number of nitrogens with zero attached hydrogens (tertiary/aromatic N) is 2. The summed E-state index contributed by atoms with van der Waals surface area (Å²) in [6.07, 6.45) is 5.50. The summed E-state index contributed by atoms with van der Waals surface area (Å²) in [6, 6.07) is 8.78. The molecule has 1 aromatic carbocycles. The number of aliphatic hydroxyl groups is 1. The lowest BCUT2D eigenvalue weighted by Crippen LogP contribution is -2.07. The van der Waals surface area contributed by atoms with Gasteiger partial charge in [0.05, 0.1) is 22.9 Å². The highest BCUT2D eigenvalue weighted by Gasteiger charge is 2.22. The summed E-state index contributed by atoms with van der Waals surface area (Å²) in [5.74, 6) is 0.649. The van der Waals surface area contributed by atoms with Crippen LogP contribution in [0.3, 0.4) is 0 Å². The third-order valence-corrected chi connectivity index (χ3v) is 6.90. The maximum atomic E-state index is 9.29. The van der Waals surface area contributed by atoms with E-state index in [0.717, 1.165) is 45.7 Å². The van der Waals surface area contributed by atoms with Crippen LogP contribution < -0.4 is 5.32 Å². The van der Waals surface area contributed by atoms with E-state index in [1.807, 2.05) is 6.92 Å². The summed E-state index contributed by atoms with van der Waals surface area (Å²) in [7, 11) is 0. The van der Waals surface area contributed by atoms with E-state index < -0.39 is 0 Å². The molecule has 0 fully saturated rings. The van der Waals surface area contributed by atoms with Crippen molar-refractivity contribution >= 4 is 27.8 Å². The van der Waals surface area contributed by atoms with Gasteiger partial charge in [0.25, 0.3) is 0 Å². The van der Waals surface area contributed by atoms with Gasteiger partial charge in [0, 0.05) is 11.1 Å². The number of aliphatic hydroxyl groups excluding tert-OH is 1. The minimum Gasteiger partial charge on any atom is -0.389 e. The molecule has 4 rings (SSSR count). The number of nitrogens with one attached hydrogen (secondary N) is 1. The van der Waals surface area contributed by atoms with E-state index in [2.05, 4.69) is 52.9 Å². The lowest BCUT2D eigenvalue weighted by atomic mass is 10.00. The number of thiazole rings is 2. The average molecular weight is 398 g/mol. The highest BCUT2D eigenvalue weighted by atomic mass is 32.1. The van der Waals surface area contributed by atoms with Gasteiger partial charge in [-0.15, -0.1) is 22.7 Å². The molecule has 2 aromatic heterocycles. The van der Waals surface area contributed by atoms with Crippen LogP contribution >= 0.6 is 22.7 Å². The van der Waals surface area contributed by atoms with E-state index in [-0.39, 0.29) is 6.61 Å². The van der Waals surface area contributed by atoms with Crippen LogP contribution in [0.15, 0.2) is 41.4 Å². The van der Waals surface area contributed by atoms with Gasteiger partial charge in [-0.1, -0.05) is 30.3 Å². The van der Waals surface area contributed by atoms with E-state index in [4.69, 9.17) is 4.98 Å². The first-order chi connectivity index (χ1) is 13.2. The molecule has 140 valence electrons. The zero-order valence-electron chi connectivity index (χ0n) is 15.5. The Morgan fingerprint density at radius 3 is 2.63 bits per heavy atom. The van der Waals surface area contributed by atoms with E-state index in [1.54, 1.807) is 11.3 Å². The molecule has 1 aliphatic carbocycles. The van der Waals surface area contributed by atoms with E-state index >= 15 is 0 Å². The summed E-state index contributed by atoms with van der Waals surface area (Å²) in [5, 5.41) is 16.5. The quantitative estimate of drug-likeness (QED) is 0.601. The molecule has 0 unspecified atom stereocenters. The molecule has 2 N–H and O–H groups in total. The largest absolute Gasteiger partial charge is 0.389 e. The molecule has 0 spiro atoms. The van der Waals surface area contributed by atoms with Gasteiger partial charge >= 0.3 is 0 Å². The molecule has 0 radical (unpaired) electrons. The van der Waals surface area contributed by atoms with Crippen LogP contribution in [0.1, 0.15) is 35.2 Å². The van der Waals surface area contributed by atoms with Crippen molar-refractivity contribution in [3.8, 4) is 10.6 Å². The Balaban J connectivity index is 1.43. The van der Waals surface area contributed by atoms with Crippen molar-refractivity contribution < 1.29 is 5.11 Å². The molecule has 0 atom stereocenters. The average Bonchev–Trinajstić information content (AvgIpc) is 3.38. The standard InChI is InChI=1S/C21H23N3OS2/c1-3-17(10-14-8-15-6-4-5-7-16(15)9-14)23-21-24-18(12-26-21)20-13(2)22-19(11-25)27-20/h3-7,12,14,25H,8-11H2,1-2H3,(H,23,24). The molecule has 3 aromatic rings. The second-order valence-electron chi connectivity index (χ2n) is 6.90. The molecule has 0 amide bonds. The smallest absolute Gasteiger partial charge is 0.187 e. The Labute approximate surface area is 167 Å². The Morgan fingerprint density at radius 2 is 2.00 bits per heavy atom. The van der Waals surface area contributed by atoms with Gasteiger partial charge < -0.3 is 10.4 Å². The lowest BCUT2D eigenvalue weighted by Gasteiger charge is -2.13. The van der Waals surface area contributed by atoms with Gasteiger partial charge in [0.15, 0.2) is 5.13 Å². The van der Waals surface area contributed by atoms with Crippen molar-refractivity contribution in [3.63, 3.8) is 0 Å². The van der Waals surface area contributed by atoms with Crippen molar-refractivity contribution in [1.29, 1.82) is 0 Å². The molecule has 1 aliphatic rings. The summed E-state index contributed by atoms with van der Waals surface area (Å²) in [5.41, 5.74) is 6.08. The van der Waals surface area contributed by atoms with E-state index in [0.29, 0.717) is 5.92 Å². The normalized spacial score (nSPS) is 14.6. The molecule has 0 saturated carbocycles. The second kappa shape index (κ2) is 7.92. The molecule has 6 heteroatoms. The molecule has 27 heavy (non-hydrogen) atoms. The highest BCUT2D eigenvalue weighted by molar-refractivity contribution is 7.16. The summed E-state index contributed by atoms with van der Waals surface area (Å²) in [6.45, 7) is 4.03. The third kappa shape index (κ3) is 3.98. The fourth-order valence-corrected chi connectivity index (χ4v) is 5.37. The number of rotatable bonds is 6. The fraction of sp³-hybridized carbons (Fsp3) is 0.333. The highest BCUT2D eigenvalue weighted by Crippen LogP contribution is 2.34. The minimum atomic E-state index is -0.0206. The SMILES string of the molecule is CC=C(CC1Cc2ccccc2C1)Nc1nc(-c2sc(CO)nc2C)cs1. The van der Waals surface area contributed by atoms with Crippen LogP contribution in [0.4, 0.5) is 5.13 Å². The van der Waals surface area contributed by atoms with Crippen molar-refractivity contribution in [2.45, 2.75) is 39.7 Å². The maximum Gasteiger partial charge on any atom is 0.187 e. The first kappa shape index (κ1) is 18.3. The third-order valence-electron chi connectivity index (χ3n) is 4.97. The minimum absolute atomic E-state index is 0.0206. The molecular formula is C21H23N3OS2. The monoisotopic (exact) mass is 397 g/mol. The van der Waals surface area contributed by atoms with Gasteiger partial charge in [0.2, 0.25) is 0 Å². The number of benzene rings is 1. The van der Waals surface area contributed by atoms with Gasteiger partial charge in [-0.2, -0.15) is 0 Å². The number of allylic oxidation sites excluding steroid dienone is 2. The number of aryl methyl sites for hydroxylation is 1. The predicted molar refractivity (Wildman–Crippen MR) is 113 cm³/mol. The number of fused-ring (bicyclic) bond motifs is 1. The van der Waals surface area contributed by atoms with Gasteiger partial charge in [-0.3, -0.25) is 0 Å². The van der Waals surface area contributed by atoms with E-state index in [9.17, 15) is 5.11 Å². The first-order valence-electron chi connectivity index (χ1n) is 9.18. The summed E-state index contributed by atoms with van der Waals surface area (Å²) < 4.78 is 0. The molecule has 4 nitrogen and oxygen atoms in total. The number of hydrogen-bond acceptors (Lipinski definition) is 6. The fourth-order valence-electron chi connectivity index (χ4n) is 3.68. The molecule has 2 heterocycles. The number of aromatic nitrogens is 2. The van der Waals surface area contributed by atoms with Crippen molar-refractivity contribution in [2.24, 2.45) is 5.92 Å². The summed E-state index contributed by atoms with van der Waals surface area (Å²) >= 11 is 3.12. The second-order valence-corrected chi connectivity index (χ2v) is 8.85. The van der Waals surface area contributed by atoms with Crippen LogP contribution in [0.5, 0.6) is 0 Å². The predicted octanol–water partition coefficient (Wildman–Crippen LogP) is 5.19. The zero-order chi connectivity index (χ0) is 18.8. The maximum absolute atomic E-state index is 9.29. The van der Waals surface area contributed by atoms with Crippen LogP contribution in [0, 0.1) is 12.8 Å². The van der Waals surface area contributed by atoms with Crippen molar-refractivity contribution in [1.82, 2.24) is 9.97 Å². The molecule has 0 bridgehead atoms. The van der Waals surface area contributed by atoms with Crippen LogP contribution in [0.25, 0.3) is 10.6 Å². The van der Waals surface area contributed by atoms with Crippen molar-refractivity contribution in [2.75, 3.05) is 5.32 Å². The number of anilines is 1. The van der Waals surface area contributed by atoms with Gasteiger partial charge in [0.1, 0.15) is 5.01 Å². The number of hydrogen-bond donors (Lipinski definition) is 2. The van der Waals surface area contributed by atoms with Gasteiger partial charge in [-0.25, -0.2) is 9.97 Å². The van der Waals surface area contributed by atoms with Crippen LogP contribution in [0.2, 0.25) is 0 Å². The topological polar surface area (TPSA) is 58.0 Å². The first-order valence-corrected chi connectivity index (χ1v) is 10.9. The Morgan fingerprint density at radius 1 is 1.26 bits per heavy atom. The molecule has 0 saturated heterocycles.